The fourth-order valence-corrected chi connectivity index (χ4v) is 1.44. The molecule has 5 nitrogen and oxygen atoms in total. The van der Waals surface area contributed by atoms with Crippen LogP contribution >= 0.6 is 0 Å². The quantitative estimate of drug-likeness (QED) is 0.732. The van der Waals surface area contributed by atoms with Gasteiger partial charge in [0.2, 0.25) is 0 Å². The molecule has 0 saturated carbocycles. The van der Waals surface area contributed by atoms with E-state index in [2.05, 4.69) is 15.0 Å². The van der Waals surface area contributed by atoms with Crippen molar-refractivity contribution < 1.29 is 9.63 Å². The standard InChI is InChI=1S/C8H13N3O2/c1-6(12)7-9-8(10-13-7)11-4-2-3-5-11/h6,12H,2-5H2,1H3/t6-/m0/s1. The van der Waals surface area contributed by atoms with Gasteiger partial charge >= 0.3 is 0 Å². The summed E-state index contributed by atoms with van der Waals surface area (Å²) in [6.07, 6.45) is 1.68. The predicted octanol–water partition coefficient (Wildman–Crippen LogP) is 0.723. The largest absolute Gasteiger partial charge is 0.384 e. The Labute approximate surface area is 76.4 Å². The molecule has 2 heterocycles. The van der Waals surface area contributed by atoms with Gasteiger partial charge in [0.05, 0.1) is 0 Å². The number of aliphatic hydroxyl groups is 1. The van der Waals surface area contributed by atoms with Gasteiger partial charge in [0.1, 0.15) is 6.10 Å². The van der Waals surface area contributed by atoms with Crippen molar-refractivity contribution in [2.75, 3.05) is 18.0 Å². The molecular weight excluding hydrogens is 170 g/mol. The first-order valence-corrected chi connectivity index (χ1v) is 4.54. The minimum atomic E-state index is -0.677. The van der Waals surface area contributed by atoms with E-state index in [1.54, 1.807) is 6.92 Å². The third-order valence-electron chi connectivity index (χ3n) is 2.18. The van der Waals surface area contributed by atoms with E-state index < -0.39 is 6.10 Å². The lowest BCUT2D eigenvalue weighted by Gasteiger charge is -2.09. The van der Waals surface area contributed by atoms with E-state index in [0.717, 1.165) is 13.1 Å². The van der Waals surface area contributed by atoms with Crippen molar-refractivity contribution in [3.8, 4) is 0 Å². The molecule has 13 heavy (non-hydrogen) atoms. The van der Waals surface area contributed by atoms with E-state index >= 15 is 0 Å². The molecule has 1 saturated heterocycles. The zero-order chi connectivity index (χ0) is 9.26. The van der Waals surface area contributed by atoms with Crippen molar-refractivity contribution >= 4 is 5.95 Å². The van der Waals surface area contributed by atoms with Crippen LogP contribution in [-0.2, 0) is 0 Å². The Hall–Kier alpha value is -1.10. The van der Waals surface area contributed by atoms with Gasteiger partial charge in [0.25, 0.3) is 11.8 Å². The Balaban J connectivity index is 2.12. The van der Waals surface area contributed by atoms with Crippen LogP contribution in [0.15, 0.2) is 4.52 Å². The molecule has 5 heteroatoms. The Morgan fingerprint density at radius 2 is 2.15 bits per heavy atom. The third kappa shape index (κ3) is 1.65. The van der Waals surface area contributed by atoms with E-state index in [9.17, 15) is 0 Å². The minimum Gasteiger partial charge on any atom is -0.384 e. The highest BCUT2D eigenvalue weighted by atomic mass is 16.5. The van der Waals surface area contributed by atoms with Gasteiger partial charge < -0.3 is 14.5 Å². The van der Waals surface area contributed by atoms with Crippen LogP contribution in [0.2, 0.25) is 0 Å². The number of nitrogens with zero attached hydrogens (tertiary/aromatic N) is 3. The molecule has 72 valence electrons. The molecule has 1 aliphatic rings. The van der Waals surface area contributed by atoms with Gasteiger partial charge in [-0.1, -0.05) is 0 Å². The van der Waals surface area contributed by atoms with E-state index in [1.807, 2.05) is 0 Å². The summed E-state index contributed by atoms with van der Waals surface area (Å²) in [6.45, 7) is 3.58. The Kier molecular flexibility index (Phi) is 2.18. The van der Waals surface area contributed by atoms with Gasteiger partial charge in [-0.15, -0.1) is 0 Å². The number of hydrogen-bond donors (Lipinski definition) is 1. The lowest BCUT2D eigenvalue weighted by atomic mass is 10.4. The topological polar surface area (TPSA) is 62.4 Å². The maximum absolute atomic E-state index is 9.17. The summed E-state index contributed by atoms with van der Waals surface area (Å²) in [4.78, 5) is 6.15. The molecule has 1 fully saturated rings. The van der Waals surface area contributed by atoms with E-state index in [4.69, 9.17) is 9.63 Å². The summed E-state index contributed by atoms with van der Waals surface area (Å²) in [6, 6.07) is 0. The molecular formula is C8H13N3O2. The lowest BCUT2D eigenvalue weighted by Crippen LogP contribution is -2.18. The van der Waals surface area contributed by atoms with Crippen LogP contribution in [0.1, 0.15) is 31.8 Å². The van der Waals surface area contributed by atoms with Crippen LogP contribution in [0.3, 0.4) is 0 Å². The third-order valence-corrected chi connectivity index (χ3v) is 2.18. The van der Waals surface area contributed by atoms with Crippen LogP contribution < -0.4 is 4.90 Å². The maximum atomic E-state index is 9.17. The maximum Gasteiger partial charge on any atom is 0.266 e. The molecule has 2 rings (SSSR count). The molecule has 1 atom stereocenters. The van der Waals surface area contributed by atoms with E-state index in [0.29, 0.717) is 11.8 Å². The molecule has 0 aromatic carbocycles. The summed E-state index contributed by atoms with van der Waals surface area (Å²) in [5, 5.41) is 13.0. The molecule has 1 N–H and O–H groups in total. The smallest absolute Gasteiger partial charge is 0.266 e. The summed E-state index contributed by atoms with van der Waals surface area (Å²) in [7, 11) is 0. The molecule has 0 bridgehead atoms. The molecule has 0 aliphatic carbocycles. The van der Waals surface area contributed by atoms with Crippen LogP contribution in [0.4, 0.5) is 5.95 Å². The van der Waals surface area contributed by atoms with Crippen molar-refractivity contribution in [1.82, 2.24) is 10.1 Å². The average Bonchev–Trinajstić information content (AvgIpc) is 2.75. The summed E-state index contributed by atoms with van der Waals surface area (Å²) in [5.74, 6) is 0.898. The number of rotatable bonds is 2. The number of hydrogen-bond acceptors (Lipinski definition) is 5. The number of aromatic nitrogens is 2. The predicted molar refractivity (Wildman–Crippen MR) is 46.4 cm³/mol. The number of anilines is 1. The van der Waals surface area contributed by atoms with Gasteiger partial charge in [-0.25, -0.2) is 0 Å². The molecule has 1 aromatic rings. The highest BCUT2D eigenvalue weighted by molar-refractivity contribution is 5.28. The second-order valence-electron chi connectivity index (χ2n) is 3.30. The van der Waals surface area contributed by atoms with Crippen LogP contribution in [0.25, 0.3) is 0 Å². The highest BCUT2D eigenvalue weighted by Gasteiger charge is 2.19. The fraction of sp³-hybridized carbons (Fsp3) is 0.750. The fourth-order valence-electron chi connectivity index (χ4n) is 1.44. The summed E-state index contributed by atoms with van der Waals surface area (Å²) < 4.78 is 4.89. The van der Waals surface area contributed by atoms with Gasteiger partial charge in [0.15, 0.2) is 0 Å². The zero-order valence-electron chi connectivity index (χ0n) is 7.60. The van der Waals surface area contributed by atoms with Gasteiger partial charge in [-0.05, 0) is 24.9 Å². The van der Waals surface area contributed by atoms with Crippen molar-refractivity contribution in [1.29, 1.82) is 0 Å². The Morgan fingerprint density at radius 1 is 1.46 bits per heavy atom. The normalized spacial score (nSPS) is 19.4. The molecule has 0 radical (unpaired) electrons. The van der Waals surface area contributed by atoms with Crippen LogP contribution in [-0.4, -0.2) is 28.3 Å². The van der Waals surface area contributed by atoms with E-state index in [1.165, 1.54) is 12.8 Å². The molecule has 1 aliphatic heterocycles. The van der Waals surface area contributed by atoms with Crippen molar-refractivity contribution in [3.05, 3.63) is 5.89 Å². The summed E-state index contributed by atoms with van der Waals surface area (Å²) in [5.41, 5.74) is 0. The van der Waals surface area contributed by atoms with Gasteiger partial charge in [0, 0.05) is 13.1 Å². The first kappa shape index (κ1) is 8.50. The minimum absolute atomic E-state index is 0.293. The molecule has 0 amide bonds. The van der Waals surface area contributed by atoms with Gasteiger partial charge in [-0.2, -0.15) is 4.98 Å². The lowest BCUT2D eigenvalue weighted by molar-refractivity contribution is 0.152. The van der Waals surface area contributed by atoms with Gasteiger partial charge in [-0.3, -0.25) is 0 Å². The second-order valence-corrected chi connectivity index (χ2v) is 3.30. The molecule has 0 unspecified atom stereocenters. The first-order valence-electron chi connectivity index (χ1n) is 4.54. The van der Waals surface area contributed by atoms with Crippen molar-refractivity contribution in [2.45, 2.75) is 25.9 Å². The van der Waals surface area contributed by atoms with Crippen LogP contribution in [0.5, 0.6) is 0 Å². The van der Waals surface area contributed by atoms with Crippen LogP contribution in [0, 0.1) is 0 Å². The molecule has 0 spiro atoms. The highest BCUT2D eigenvalue weighted by Crippen LogP contribution is 2.18. The number of aliphatic hydroxyl groups excluding tert-OH is 1. The monoisotopic (exact) mass is 183 g/mol. The van der Waals surface area contributed by atoms with Crippen molar-refractivity contribution in [3.63, 3.8) is 0 Å². The Bertz CT molecular complexity index is 279. The zero-order valence-corrected chi connectivity index (χ0v) is 7.60. The second kappa shape index (κ2) is 3.33. The van der Waals surface area contributed by atoms with E-state index in [-0.39, 0.29) is 0 Å². The summed E-state index contributed by atoms with van der Waals surface area (Å²) >= 11 is 0. The molecule has 1 aromatic heterocycles. The Morgan fingerprint density at radius 3 is 2.69 bits per heavy atom. The van der Waals surface area contributed by atoms with Crippen molar-refractivity contribution in [2.24, 2.45) is 0 Å². The SMILES string of the molecule is C[C@H](O)c1nc(N2CCCC2)no1. The first-order chi connectivity index (χ1) is 6.27. The average molecular weight is 183 g/mol.